The standard InChI is InChI=1S/C22H18N4O8/c1-33-19-15(8-4-10-17(19)25(29)30)23-21(27)13-6-3-7-14(12-13)22(28)24-16-9-5-11-18(26(31)32)20(16)34-2/h3-12H,1-2H3,(H,23,27)(H,24,28). The van der Waals surface area contributed by atoms with Gasteiger partial charge in [0.2, 0.25) is 11.5 Å². The highest BCUT2D eigenvalue weighted by Crippen LogP contribution is 2.36. The molecule has 0 bridgehead atoms. The van der Waals surface area contributed by atoms with Gasteiger partial charge < -0.3 is 20.1 Å². The summed E-state index contributed by atoms with van der Waals surface area (Å²) in [5, 5.41) is 27.4. The lowest BCUT2D eigenvalue weighted by Crippen LogP contribution is -2.16. The van der Waals surface area contributed by atoms with E-state index in [0.717, 1.165) is 0 Å². The summed E-state index contributed by atoms with van der Waals surface area (Å²) in [7, 11) is 2.48. The first-order chi connectivity index (χ1) is 16.3. The molecule has 2 amide bonds. The molecule has 0 aromatic heterocycles. The predicted molar refractivity (Wildman–Crippen MR) is 122 cm³/mol. The number of nitrogens with one attached hydrogen (secondary N) is 2. The van der Waals surface area contributed by atoms with Crippen LogP contribution in [0.4, 0.5) is 22.7 Å². The highest BCUT2D eigenvalue weighted by molar-refractivity contribution is 6.09. The summed E-state index contributed by atoms with van der Waals surface area (Å²) in [6.07, 6.45) is 0. The van der Waals surface area contributed by atoms with Gasteiger partial charge in [0.1, 0.15) is 0 Å². The van der Waals surface area contributed by atoms with E-state index in [1.807, 2.05) is 0 Å². The summed E-state index contributed by atoms with van der Waals surface area (Å²) < 4.78 is 10.1. The second-order valence-electron chi connectivity index (χ2n) is 6.72. The number of rotatable bonds is 8. The van der Waals surface area contributed by atoms with Gasteiger partial charge in [0.15, 0.2) is 0 Å². The monoisotopic (exact) mass is 466 g/mol. The third-order valence-electron chi connectivity index (χ3n) is 4.67. The molecule has 0 aliphatic carbocycles. The van der Waals surface area contributed by atoms with Crippen LogP contribution in [0.3, 0.4) is 0 Å². The van der Waals surface area contributed by atoms with E-state index in [1.165, 1.54) is 74.9 Å². The number of carbonyl (C=O) groups excluding carboxylic acids is 2. The van der Waals surface area contributed by atoms with Gasteiger partial charge in [-0.2, -0.15) is 0 Å². The Morgan fingerprint density at radius 1 is 0.706 bits per heavy atom. The number of para-hydroxylation sites is 2. The van der Waals surface area contributed by atoms with Crippen molar-refractivity contribution in [2.75, 3.05) is 24.9 Å². The van der Waals surface area contributed by atoms with Crippen LogP contribution in [0.5, 0.6) is 11.5 Å². The van der Waals surface area contributed by atoms with Crippen LogP contribution in [-0.4, -0.2) is 35.9 Å². The van der Waals surface area contributed by atoms with Crippen molar-refractivity contribution >= 4 is 34.6 Å². The number of nitro groups is 2. The lowest BCUT2D eigenvalue weighted by molar-refractivity contribution is -0.385. The van der Waals surface area contributed by atoms with Gasteiger partial charge in [-0.1, -0.05) is 18.2 Å². The van der Waals surface area contributed by atoms with Crippen molar-refractivity contribution in [3.63, 3.8) is 0 Å². The molecule has 0 unspecified atom stereocenters. The predicted octanol–water partition coefficient (Wildman–Crippen LogP) is 4.02. The van der Waals surface area contributed by atoms with Gasteiger partial charge in [0.05, 0.1) is 35.4 Å². The van der Waals surface area contributed by atoms with Crippen LogP contribution in [-0.2, 0) is 0 Å². The summed E-state index contributed by atoms with van der Waals surface area (Å²) >= 11 is 0. The molecule has 0 saturated heterocycles. The van der Waals surface area contributed by atoms with Crippen LogP contribution < -0.4 is 20.1 Å². The quantitative estimate of drug-likeness (QED) is 0.371. The van der Waals surface area contributed by atoms with Gasteiger partial charge >= 0.3 is 11.4 Å². The summed E-state index contributed by atoms with van der Waals surface area (Å²) in [4.78, 5) is 46.6. The maximum absolute atomic E-state index is 12.8. The number of anilines is 2. The number of amides is 2. The Labute approximate surface area is 192 Å². The van der Waals surface area contributed by atoms with E-state index in [2.05, 4.69) is 10.6 Å². The fourth-order valence-corrected chi connectivity index (χ4v) is 3.15. The zero-order valence-electron chi connectivity index (χ0n) is 17.9. The van der Waals surface area contributed by atoms with Crippen LogP contribution >= 0.6 is 0 Å². The Kier molecular flexibility index (Phi) is 7.01. The number of nitrogens with zero attached hydrogens (tertiary/aromatic N) is 2. The molecule has 3 aromatic carbocycles. The largest absolute Gasteiger partial charge is 0.489 e. The van der Waals surface area contributed by atoms with Gasteiger partial charge in [-0.3, -0.25) is 29.8 Å². The van der Waals surface area contributed by atoms with Crippen LogP contribution in [0.2, 0.25) is 0 Å². The van der Waals surface area contributed by atoms with Gasteiger partial charge in [0.25, 0.3) is 11.8 Å². The van der Waals surface area contributed by atoms with Crippen molar-refractivity contribution in [1.29, 1.82) is 0 Å². The molecular formula is C22H18N4O8. The fraction of sp³-hybridized carbons (Fsp3) is 0.0909. The van der Waals surface area contributed by atoms with Crippen LogP contribution in [0, 0.1) is 20.2 Å². The van der Waals surface area contributed by atoms with E-state index in [9.17, 15) is 29.8 Å². The average Bonchev–Trinajstić information content (AvgIpc) is 2.83. The molecule has 34 heavy (non-hydrogen) atoms. The first-order valence-electron chi connectivity index (χ1n) is 9.62. The first kappa shape index (κ1) is 23.7. The van der Waals surface area contributed by atoms with Crippen LogP contribution in [0.1, 0.15) is 20.7 Å². The number of ether oxygens (including phenoxy) is 2. The molecular weight excluding hydrogens is 448 g/mol. The second-order valence-corrected chi connectivity index (χ2v) is 6.72. The summed E-state index contributed by atoms with van der Waals surface area (Å²) in [5.74, 6) is -1.51. The molecule has 0 spiro atoms. The molecule has 174 valence electrons. The number of methoxy groups -OCH3 is 2. The molecule has 12 heteroatoms. The number of hydrogen-bond acceptors (Lipinski definition) is 8. The molecule has 0 atom stereocenters. The number of carbonyl (C=O) groups is 2. The van der Waals surface area contributed by atoms with E-state index < -0.39 is 21.7 Å². The van der Waals surface area contributed by atoms with Gasteiger partial charge in [0, 0.05) is 23.3 Å². The van der Waals surface area contributed by atoms with Crippen molar-refractivity contribution in [3.05, 3.63) is 92.0 Å². The van der Waals surface area contributed by atoms with E-state index in [-0.39, 0.29) is 45.4 Å². The molecule has 2 N–H and O–H groups in total. The minimum absolute atomic E-state index is 0.0814. The molecule has 0 fully saturated rings. The van der Waals surface area contributed by atoms with Crippen molar-refractivity contribution in [3.8, 4) is 11.5 Å². The zero-order valence-corrected chi connectivity index (χ0v) is 17.9. The SMILES string of the molecule is COc1c(NC(=O)c2cccc(C(=O)Nc3cccc([N+](=O)[O-])c3OC)c2)cccc1[N+](=O)[O-]. The highest BCUT2D eigenvalue weighted by Gasteiger charge is 2.22. The van der Waals surface area contributed by atoms with E-state index in [4.69, 9.17) is 9.47 Å². The topological polar surface area (TPSA) is 163 Å². The minimum atomic E-state index is -0.638. The highest BCUT2D eigenvalue weighted by atomic mass is 16.6. The third kappa shape index (κ3) is 4.91. The fourth-order valence-electron chi connectivity index (χ4n) is 3.15. The maximum Gasteiger partial charge on any atom is 0.313 e. The number of benzene rings is 3. The molecule has 0 aliphatic rings. The van der Waals surface area contributed by atoms with Crippen molar-refractivity contribution < 1.29 is 28.9 Å². The number of nitro benzene ring substituents is 2. The lowest BCUT2D eigenvalue weighted by Gasteiger charge is -2.12. The van der Waals surface area contributed by atoms with Crippen molar-refractivity contribution in [2.24, 2.45) is 0 Å². The molecule has 0 aliphatic heterocycles. The Bertz CT molecular complexity index is 1200. The van der Waals surface area contributed by atoms with Gasteiger partial charge in [-0.25, -0.2) is 0 Å². The average molecular weight is 466 g/mol. The molecule has 3 rings (SSSR count). The van der Waals surface area contributed by atoms with Gasteiger partial charge in [-0.05, 0) is 30.3 Å². The van der Waals surface area contributed by atoms with Crippen LogP contribution in [0.25, 0.3) is 0 Å². The Balaban J connectivity index is 1.85. The Morgan fingerprint density at radius 2 is 1.09 bits per heavy atom. The summed E-state index contributed by atoms with van der Waals surface area (Å²) in [6.45, 7) is 0. The number of hydrogen-bond donors (Lipinski definition) is 2. The molecule has 0 radical (unpaired) electrons. The Morgan fingerprint density at radius 3 is 1.44 bits per heavy atom. The molecule has 12 nitrogen and oxygen atoms in total. The first-order valence-corrected chi connectivity index (χ1v) is 9.62. The molecule has 0 heterocycles. The lowest BCUT2D eigenvalue weighted by atomic mass is 10.1. The second kappa shape index (κ2) is 10.1. The smallest absolute Gasteiger partial charge is 0.313 e. The van der Waals surface area contributed by atoms with E-state index in [1.54, 1.807) is 0 Å². The van der Waals surface area contributed by atoms with Gasteiger partial charge in [-0.15, -0.1) is 0 Å². The minimum Gasteiger partial charge on any atom is -0.489 e. The normalized spacial score (nSPS) is 10.2. The maximum atomic E-state index is 12.8. The Hall–Kier alpha value is -5.00. The van der Waals surface area contributed by atoms with Crippen molar-refractivity contribution in [2.45, 2.75) is 0 Å². The molecule has 0 saturated carbocycles. The molecule has 3 aromatic rings. The zero-order chi connectivity index (χ0) is 24.8. The summed E-state index contributed by atoms with van der Waals surface area (Å²) in [6, 6.07) is 13.8. The van der Waals surface area contributed by atoms with Crippen molar-refractivity contribution in [1.82, 2.24) is 0 Å². The third-order valence-corrected chi connectivity index (χ3v) is 4.67. The summed E-state index contributed by atoms with van der Waals surface area (Å²) in [5.41, 5.74) is -0.297. The van der Waals surface area contributed by atoms with Crippen LogP contribution in [0.15, 0.2) is 60.7 Å². The van der Waals surface area contributed by atoms with E-state index >= 15 is 0 Å². The van der Waals surface area contributed by atoms with E-state index in [0.29, 0.717) is 0 Å².